The maximum absolute atomic E-state index is 12.6. The maximum atomic E-state index is 12.6. The molecule has 0 saturated carbocycles. The number of likely N-dealkylation sites (N-methyl/N-ethyl adjacent to an activating group) is 1. The van der Waals surface area contributed by atoms with E-state index in [4.69, 9.17) is 0 Å². The largest absolute Gasteiger partial charge is 0.332 e. The zero-order valence-corrected chi connectivity index (χ0v) is 14.3. The Balaban J connectivity index is 2.10. The third-order valence-electron chi connectivity index (χ3n) is 3.72. The highest BCUT2D eigenvalue weighted by atomic mass is 32.2. The van der Waals surface area contributed by atoms with Crippen molar-refractivity contribution >= 4 is 17.7 Å². The summed E-state index contributed by atoms with van der Waals surface area (Å²) in [5, 5.41) is 0. The summed E-state index contributed by atoms with van der Waals surface area (Å²) < 4.78 is 0.129. The van der Waals surface area contributed by atoms with Crippen LogP contribution in [0.15, 0.2) is 30.3 Å². The Morgan fingerprint density at radius 2 is 1.90 bits per heavy atom. The van der Waals surface area contributed by atoms with Gasteiger partial charge in [-0.3, -0.25) is 4.79 Å². The predicted octanol–water partition coefficient (Wildman–Crippen LogP) is 3.03. The van der Waals surface area contributed by atoms with Crippen LogP contribution in [0.2, 0.25) is 0 Å². The number of amides is 1. The van der Waals surface area contributed by atoms with Crippen molar-refractivity contribution < 1.29 is 4.79 Å². The van der Waals surface area contributed by atoms with Crippen molar-refractivity contribution in [3.05, 3.63) is 35.9 Å². The van der Waals surface area contributed by atoms with E-state index in [1.54, 1.807) is 11.8 Å². The number of piperazine rings is 1. The molecule has 116 valence electrons. The zero-order chi connectivity index (χ0) is 15.5. The van der Waals surface area contributed by atoms with Crippen LogP contribution in [0.5, 0.6) is 0 Å². The van der Waals surface area contributed by atoms with E-state index in [1.165, 1.54) is 5.56 Å². The fourth-order valence-electron chi connectivity index (χ4n) is 2.54. The standard InChI is InChI=1S/C17H26N2OS/c1-17(2,3)21-13-16(20)19-11-10-18(4)12-15(19)14-8-6-5-7-9-14/h5-9,15H,10-13H2,1-4H3. The van der Waals surface area contributed by atoms with Gasteiger partial charge in [0.15, 0.2) is 0 Å². The lowest BCUT2D eigenvalue weighted by molar-refractivity contribution is -0.133. The molecule has 1 fully saturated rings. The highest BCUT2D eigenvalue weighted by molar-refractivity contribution is 8.01. The minimum atomic E-state index is 0.129. The summed E-state index contributed by atoms with van der Waals surface area (Å²) in [5.41, 5.74) is 1.23. The number of benzene rings is 1. The average molecular weight is 306 g/mol. The van der Waals surface area contributed by atoms with Crippen LogP contribution < -0.4 is 0 Å². The van der Waals surface area contributed by atoms with Gasteiger partial charge in [0.05, 0.1) is 11.8 Å². The van der Waals surface area contributed by atoms with Crippen LogP contribution in [0.1, 0.15) is 32.4 Å². The van der Waals surface area contributed by atoms with Crippen LogP contribution in [0.25, 0.3) is 0 Å². The van der Waals surface area contributed by atoms with Crippen molar-refractivity contribution in [2.75, 3.05) is 32.4 Å². The molecule has 0 aromatic heterocycles. The second-order valence-corrected chi connectivity index (χ2v) is 8.48. The molecule has 1 unspecified atom stereocenters. The summed E-state index contributed by atoms with van der Waals surface area (Å²) in [6.07, 6.45) is 0. The fraction of sp³-hybridized carbons (Fsp3) is 0.588. The first kappa shape index (κ1) is 16.4. The van der Waals surface area contributed by atoms with Crippen LogP contribution >= 0.6 is 11.8 Å². The normalized spacial score (nSPS) is 20.6. The molecule has 1 aromatic rings. The van der Waals surface area contributed by atoms with E-state index < -0.39 is 0 Å². The van der Waals surface area contributed by atoms with Crippen LogP contribution in [0, 0.1) is 0 Å². The molecule has 21 heavy (non-hydrogen) atoms. The van der Waals surface area contributed by atoms with E-state index in [0.29, 0.717) is 5.75 Å². The first-order valence-corrected chi connectivity index (χ1v) is 8.52. The molecule has 0 spiro atoms. The monoisotopic (exact) mass is 306 g/mol. The highest BCUT2D eigenvalue weighted by Crippen LogP contribution is 2.28. The van der Waals surface area contributed by atoms with Gasteiger partial charge in [-0.05, 0) is 12.6 Å². The van der Waals surface area contributed by atoms with Gasteiger partial charge < -0.3 is 9.80 Å². The predicted molar refractivity (Wildman–Crippen MR) is 90.6 cm³/mol. The van der Waals surface area contributed by atoms with E-state index in [-0.39, 0.29) is 16.7 Å². The number of thioether (sulfide) groups is 1. The van der Waals surface area contributed by atoms with Gasteiger partial charge in [0.2, 0.25) is 5.91 Å². The Labute approximate surface area is 132 Å². The molecule has 3 nitrogen and oxygen atoms in total. The van der Waals surface area contributed by atoms with Crippen LogP contribution in [-0.2, 0) is 4.79 Å². The minimum absolute atomic E-state index is 0.129. The van der Waals surface area contributed by atoms with Gasteiger partial charge in [0, 0.05) is 24.4 Å². The Morgan fingerprint density at radius 3 is 2.52 bits per heavy atom. The molecular weight excluding hydrogens is 280 g/mol. The maximum Gasteiger partial charge on any atom is 0.233 e. The molecule has 1 heterocycles. The lowest BCUT2D eigenvalue weighted by Gasteiger charge is -2.40. The van der Waals surface area contributed by atoms with Crippen molar-refractivity contribution in [3.63, 3.8) is 0 Å². The highest BCUT2D eigenvalue weighted by Gasteiger charge is 2.30. The topological polar surface area (TPSA) is 23.6 Å². The number of nitrogens with zero attached hydrogens (tertiary/aromatic N) is 2. The summed E-state index contributed by atoms with van der Waals surface area (Å²) in [6, 6.07) is 10.6. The van der Waals surface area contributed by atoms with Gasteiger partial charge >= 0.3 is 0 Å². The van der Waals surface area contributed by atoms with Gasteiger partial charge in [0.1, 0.15) is 0 Å². The van der Waals surface area contributed by atoms with Crippen molar-refractivity contribution in [3.8, 4) is 0 Å². The van der Waals surface area contributed by atoms with E-state index in [0.717, 1.165) is 19.6 Å². The van der Waals surface area contributed by atoms with E-state index in [9.17, 15) is 4.79 Å². The van der Waals surface area contributed by atoms with E-state index in [2.05, 4.69) is 61.9 Å². The second-order valence-electron chi connectivity index (χ2n) is 6.68. The zero-order valence-electron chi connectivity index (χ0n) is 13.5. The number of rotatable bonds is 3. The molecule has 1 atom stereocenters. The summed E-state index contributed by atoms with van der Waals surface area (Å²) in [5.74, 6) is 0.827. The number of carbonyl (C=O) groups excluding carboxylic acids is 1. The van der Waals surface area contributed by atoms with E-state index >= 15 is 0 Å². The molecule has 1 saturated heterocycles. The van der Waals surface area contributed by atoms with Crippen molar-refractivity contribution in [1.82, 2.24) is 9.80 Å². The van der Waals surface area contributed by atoms with Crippen LogP contribution in [0.3, 0.4) is 0 Å². The molecule has 4 heteroatoms. The molecule has 1 aliphatic heterocycles. The summed E-state index contributed by atoms with van der Waals surface area (Å²) in [6.45, 7) is 9.15. The molecule has 0 aliphatic carbocycles. The van der Waals surface area contributed by atoms with Gasteiger partial charge in [-0.1, -0.05) is 51.1 Å². The lowest BCUT2D eigenvalue weighted by atomic mass is 10.0. The minimum Gasteiger partial charge on any atom is -0.332 e. The van der Waals surface area contributed by atoms with Crippen LogP contribution in [0.4, 0.5) is 0 Å². The third kappa shape index (κ3) is 4.75. The molecule has 1 aromatic carbocycles. The molecule has 1 amide bonds. The SMILES string of the molecule is CN1CCN(C(=O)CSC(C)(C)C)C(c2ccccc2)C1. The first-order chi connectivity index (χ1) is 9.87. The molecule has 0 N–H and O–H groups in total. The Hall–Kier alpha value is -1.00. The Morgan fingerprint density at radius 1 is 1.24 bits per heavy atom. The molecular formula is C17H26N2OS. The molecule has 1 aliphatic rings. The molecule has 0 radical (unpaired) electrons. The lowest BCUT2D eigenvalue weighted by Crippen LogP contribution is -2.50. The van der Waals surface area contributed by atoms with E-state index in [1.807, 2.05) is 6.07 Å². The Bertz CT molecular complexity index is 469. The fourth-order valence-corrected chi connectivity index (χ4v) is 3.26. The third-order valence-corrected chi connectivity index (χ3v) is 4.97. The van der Waals surface area contributed by atoms with Crippen molar-refractivity contribution in [2.45, 2.75) is 31.6 Å². The number of hydrogen-bond acceptors (Lipinski definition) is 3. The smallest absolute Gasteiger partial charge is 0.233 e. The average Bonchev–Trinajstić information content (AvgIpc) is 2.45. The van der Waals surface area contributed by atoms with Gasteiger partial charge in [0.25, 0.3) is 0 Å². The Kier molecular flexibility index (Phi) is 5.33. The number of carbonyl (C=O) groups is 1. The second kappa shape index (κ2) is 6.84. The first-order valence-electron chi connectivity index (χ1n) is 7.54. The van der Waals surface area contributed by atoms with Gasteiger partial charge in [-0.2, -0.15) is 0 Å². The summed E-state index contributed by atoms with van der Waals surface area (Å²) >= 11 is 1.73. The molecule has 0 bridgehead atoms. The number of hydrogen-bond donors (Lipinski definition) is 0. The van der Waals surface area contributed by atoms with Crippen molar-refractivity contribution in [1.29, 1.82) is 0 Å². The quantitative estimate of drug-likeness (QED) is 0.857. The summed E-state index contributed by atoms with van der Waals surface area (Å²) in [7, 11) is 2.13. The van der Waals surface area contributed by atoms with Crippen LogP contribution in [-0.4, -0.2) is 52.9 Å². The summed E-state index contributed by atoms with van der Waals surface area (Å²) in [4.78, 5) is 17.0. The molecule has 2 rings (SSSR count). The van der Waals surface area contributed by atoms with Gasteiger partial charge in [-0.15, -0.1) is 11.8 Å². The van der Waals surface area contributed by atoms with Gasteiger partial charge in [-0.25, -0.2) is 0 Å². The van der Waals surface area contributed by atoms with Crippen molar-refractivity contribution in [2.24, 2.45) is 0 Å².